The Morgan fingerprint density at radius 3 is 2.33 bits per heavy atom. The van der Waals surface area contributed by atoms with E-state index < -0.39 is 0 Å². The zero-order chi connectivity index (χ0) is 13.4. The summed E-state index contributed by atoms with van der Waals surface area (Å²) in [6.45, 7) is 5.30. The van der Waals surface area contributed by atoms with Crippen LogP contribution in [0.5, 0.6) is 5.75 Å². The van der Waals surface area contributed by atoms with Gasteiger partial charge in [-0.2, -0.15) is 0 Å². The molecule has 0 amide bonds. The van der Waals surface area contributed by atoms with E-state index in [1.165, 1.54) is 5.56 Å². The number of hydrogen-bond donors (Lipinski definition) is 1. The van der Waals surface area contributed by atoms with Gasteiger partial charge in [-0.05, 0) is 44.0 Å². The molecule has 1 aromatic carbocycles. The maximum atomic E-state index is 5.36. The van der Waals surface area contributed by atoms with Gasteiger partial charge >= 0.3 is 0 Å². The first-order chi connectivity index (χ1) is 8.71. The molecule has 2 unspecified atom stereocenters. The van der Waals surface area contributed by atoms with E-state index in [0.29, 0.717) is 6.04 Å². The molecule has 3 nitrogen and oxygen atoms in total. The van der Waals surface area contributed by atoms with E-state index in [-0.39, 0.29) is 6.10 Å². The SMILES string of the molecule is CCCNC(CC(C)OC)c1ccc(OC)cc1. The lowest BCUT2D eigenvalue weighted by Crippen LogP contribution is -2.26. The van der Waals surface area contributed by atoms with Gasteiger partial charge in [0.2, 0.25) is 0 Å². The van der Waals surface area contributed by atoms with E-state index >= 15 is 0 Å². The number of nitrogens with one attached hydrogen (secondary N) is 1. The van der Waals surface area contributed by atoms with Crippen molar-refractivity contribution in [2.75, 3.05) is 20.8 Å². The van der Waals surface area contributed by atoms with Crippen LogP contribution in [0.15, 0.2) is 24.3 Å². The molecule has 3 heteroatoms. The van der Waals surface area contributed by atoms with Crippen molar-refractivity contribution in [1.29, 1.82) is 0 Å². The Balaban J connectivity index is 2.72. The standard InChI is InChI=1S/C15H25NO2/c1-5-10-16-15(11-12(2)17-3)13-6-8-14(18-4)9-7-13/h6-9,12,15-16H,5,10-11H2,1-4H3. The van der Waals surface area contributed by atoms with Crippen LogP contribution in [-0.4, -0.2) is 26.9 Å². The van der Waals surface area contributed by atoms with Crippen LogP contribution in [0.3, 0.4) is 0 Å². The Morgan fingerprint density at radius 2 is 1.83 bits per heavy atom. The zero-order valence-electron chi connectivity index (χ0n) is 11.9. The highest BCUT2D eigenvalue weighted by Gasteiger charge is 2.14. The first-order valence-corrected chi connectivity index (χ1v) is 6.61. The molecule has 0 spiro atoms. The Labute approximate surface area is 110 Å². The van der Waals surface area contributed by atoms with Crippen LogP contribution in [0.2, 0.25) is 0 Å². The second kappa shape index (κ2) is 8.11. The molecule has 1 N–H and O–H groups in total. The fourth-order valence-electron chi connectivity index (χ4n) is 1.92. The lowest BCUT2D eigenvalue weighted by Gasteiger charge is -2.22. The van der Waals surface area contributed by atoms with Crippen LogP contribution < -0.4 is 10.1 Å². The number of ether oxygens (including phenoxy) is 2. The van der Waals surface area contributed by atoms with Crippen molar-refractivity contribution in [2.45, 2.75) is 38.8 Å². The van der Waals surface area contributed by atoms with Crippen LogP contribution in [0.4, 0.5) is 0 Å². The number of methoxy groups -OCH3 is 2. The Hall–Kier alpha value is -1.06. The van der Waals surface area contributed by atoms with Gasteiger partial charge in [0, 0.05) is 13.2 Å². The van der Waals surface area contributed by atoms with E-state index in [4.69, 9.17) is 9.47 Å². The van der Waals surface area contributed by atoms with Gasteiger partial charge in [-0.25, -0.2) is 0 Å². The molecule has 0 bridgehead atoms. The van der Waals surface area contributed by atoms with Crippen molar-refractivity contribution >= 4 is 0 Å². The molecule has 102 valence electrons. The van der Waals surface area contributed by atoms with E-state index in [9.17, 15) is 0 Å². The maximum Gasteiger partial charge on any atom is 0.118 e. The van der Waals surface area contributed by atoms with E-state index in [1.54, 1.807) is 14.2 Å². The maximum absolute atomic E-state index is 5.36. The Morgan fingerprint density at radius 1 is 1.17 bits per heavy atom. The second-order valence-corrected chi connectivity index (χ2v) is 4.56. The lowest BCUT2D eigenvalue weighted by atomic mass is 10.0. The summed E-state index contributed by atoms with van der Waals surface area (Å²) in [6.07, 6.45) is 2.36. The van der Waals surface area contributed by atoms with Gasteiger partial charge in [0.05, 0.1) is 13.2 Å². The smallest absolute Gasteiger partial charge is 0.118 e. The first-order valence-electron chi connectivity index (χ1n) is 6.61. The summed E-state index contributed by atoms with van der Waals surface area (Å²) >= 11 is 0. The normalized spacial score (nSPS) is 14.2. The molecular formula is C15H25NO2. The van der Waals surface area contributed by atoms with Crippen molar-refractivity contribution in [2.24, 2.45) is 0 Å². The third kappa shape index (κ3) is 4.67. The lowest BCUT2D eigenvalue weighted by molar-refractivity contribution is 0.100. The van der Waals surface area contributed by atoms with E-state index in [0.717, 1.165) is 25.1 Å². The minimum atomic E-state index is 0.251. The summed E-state index contributed by atoms with van der Waals surface area (Å²) in [5.41, 5.74) is 1.29. The van der Waals surface area contributed by atoms with Crippen molar-refractivity contribution in [1.82, 2.24) is 5.32 Å². The fraction of sp³-hybridized carbons (Fsp3) is 0.600. The number of benzene rings is 1. The molecule has 18 heavy (non-hydrogen) atoms. The summed E-state index contributed by atoms with van der Waals surface area (Å²) in [4.78, 5) is 0. The summed E-state index contributed by atoms with van der Waals surface area (Å²) in [5, 5.41) is 3.57. The summed E-state index contributed by atoms with van der Waals surface area (Å²) < 4.78 is 10.5. The molecule has 0 aliphatic rings. The van der Waals surface area contributed by atoms with Crippen LogP contribution in [0, 0.1) is 0 Å². The van der Waals surface area contributed by atoms with Gasteiger partial charge < -0.3 is 14.8 Å². The van der Waals surface area contributed by atoms with Crippen molar-refractivity contribution < 1.29 is 9.47 Å². The minimum Gasteiger partial charge on any atom is -0.497 e. The second-order valence-electron chi connectivity index (χ2n) is 4.56. The topological polar surface area (TPSA) is 30.5 Å². The minimum absolute atomic E-state index is 0.251. The van der Waals surface area contributed by atoms with E-state index in [1.807, 2.05) is 12.1 Å². The van der Waals surface area contributed by atoms with Crippen LogP contribution >= 0.6 is 0 Å². The fourth-order valence-corrected chi connectivity index (χ4v) is 1.92. The summed E-state index contributed by atoms with van der Waals surface area (Å²) in [7, 11) is 3.45. The van der Waals surface area contributed by atoms with Gasteiger partial charge in [-0.1, -0.05) is 19.1 Å². The Kier molecular flexibility index (Phi) is 6.76. The predicted molar refractivity (Wildman–Crippen MR) is 75.1 cm³/mol. The molecule has 0 radical (unpaired) electrons. The van der Waals surface area contributed by atoms with Crippen molar-refractivity contribution in [3.63, 3.8) is 0 Å². The Bertz CT molecular complexity index is 324. The highest BCUT2D eigenvalue weighted by Crippen LogP contribution is 2.22. The van der Waals surface area contributed by atoms with Gasteiger partial charge in [0.25, 0.3) is 0 Å². The van der Waals surface area contributed by atoms with Crippen LogP contribution in [0.25, 0.3) is 0 Å². The molecular weight excluding hydrogens is 226 g/mol. The van der Waals surface area contributed by atoms with Crippen molar-refractivity contribution in [3.05, 3.63) is 29.8 Å². The monoisotopic (exact) mass is 251 g/mol. The average Bonchev–Trinajstić information content (AvgIpc) is 2.43. The molecule has 0 fully saturated rings. The largest absolute Gasteiger partial charge is 0.497 e. The van der Waals surface area contributed by atoms with Gasteiger partial charge in [0.1, 0.15) is 5.75 Å². The van der Waals surface area contributed by atoms with Crippen LogP contribution in [-0.2, 0) is 4.74 Å². The molecule has 0 heterocycles. The van der Waals surface area contributed by atoms with Crippen LogP contribution in [0.1, 0.15) is 38.3 Å². The quantitative estimate of drug-likeness (QED) is 0.770. The average molecular weight is 251 g/mol. The molecule has 0 saturated heterocycles. The van der Waals surface area contributed by atoms with Crippen molar-refractivity contribution in [3.8, 4) is 5.75 Å². The molecule has 0 aliphatic carbocycles. The van der Waals surface area contributed by atoms with E-state index in [2.05, 4.69) is 31.3 Å². The third-order valence-electron chi connectivity index (χ3n) is 3.13. The summed E-state index contributed by atoms with van der Waals surface area (Å²) in [5.74, 6) is 0.896. The zero-order valence-corrected chi connectivity index (χ0v) is 11.9. The molecule has 1 aromatic rings. The molecule has 1 rings (SSSR count). The third-order valence-corrected chi connectivity index (χ3v) is 3.13. The highest BCUT2D eigenvalue weighted by atomic mass is 16.5. The molecule has 0 aliphatic heterocycles. The molecule has 0 aromatic heterocycles. The van der Waals surface area contributed by atoms with Gasteiger partial charge in [0.15, 0.2) is 0 Å². The first kappa shape index (κ1) is 15.0. The summed E-state index contributed by atoms with van der Waals surface area (Å²) in [6, 6.07) is 8.59. The highest BCUT2D eigenvalue weighted by molar-refractivity contribution is 5.29. The molecule has 0 saturated carbocycles. The molecule has 2 atom stereocenters. The predicted octanol–water partition coefficient (Wildman–Crippen LogP) is 3.16. The number of rotatable bonds is 8. The van der Waals surface area contributed by atoms with Gasteiger partial charge in [-0.15, -0.1) is 0 Å². The van der Waals surface area contributed by atoms with Gasteiger partial charge in [-0.3, -0.25) is 0 Å². The number of hydrogen-bond acceptors (Lipinski definition) is 3.